The molecule has 0 aromatic carbocycles. The van der Waals surface area contributed by atoms with Crippen LogP contribution in [0, 0.1) is 0 Å². The van der Waals surface area contributed by atoms with Crippen molar-refractivity contribution in [3.05, 3.63) is 0 Å². The Morgan fingerprint density at radius 1 is 1.57 bits per heavy atom. The highest BCUT2D eigenvalue weighted by Crippen LogP contribution is 2.44. The van der Waals surface area contributed by atoms with E-state index in [0.717, 1.165) is 0 Å². The molecule has 0 bridgehead atoms. The van der Waals surface area contributed by atoms with Gasteiger partial charge in [-0.1, -0.05) is 6.92 Å². The summed E-state index contributed by atoms with van der Waals surface area (Å²) < 4.78 is 25.9. The van der Waals surface area contributed by atoms with Crippen molar-refractivity contribution in [2.45, 2.75) is 26.1 Å². The highest BCUT2D eigenvalue weighted by atomic mass is 31.2. The lowest BCUT2D eigenvalue weighted by Crippen LogP contribution is -2.09. The van der Waals surface area contributed by atoms with E-state index in [1.807, 2.05) is 0 Å². The maximum Gasteiger partial charge on any atom is 0.505 e. The molecule has 0 aromatic heterocycles. The molecule has 0 amide bonds. The van der Waals surface area contributed by atoms with E-state index in [4.69, 9.17) is 14.9 Å². The minimum absolute atomic E-state index is 0.0362. The van der Waals surface area contributed by atoms with Gasteiger partial charge < -0.3 is 10.00 Å². The normalized spacial score (nSPS) is 18.7. The molecular formula is C6H15O6P2+. The average Bonchev–Trinajstić information content (AvgIpc) is 2.02. The quantitative estimate of drug-likeness (QED) is 0.457. The van der Waals surface area contributed by atoms with Gasteiger partial charge in [0.2, 0.25) is 0 Å². The van der Waals surface area contributed by atoms with E-state index in [1.54, 1.807) is 6.92 Å². The Morgan fingerprint density at radius 3 is 2.57 bits per heavy atom. The first-order valence-corrected chi connectivity index (χ1v) is 7.35. The maximum absolute atomic E-state index is 11.2. The molecule has 0 radical (unpaired) electrons. The summed E-state index contributed by atoms with van der Waals surface area (Å²) in [6, 6.07) is 0. The second-order valence-corrected chi connectivity index (χ2v) is 5.84. The van der Waals surface area contributed by atoms with Crippen LogP contribution >= 0.6 is 15.6 Å². The number of hydrogen-bond donors (Lipinski definition) is 3. The molecule has 0 aliphatic heterocycles. The summed E-state index contributed by atoms with van der Waals surface area (Å²) in [6.07, 6.45) is -1.17. The van der Waals surface area contributed by atoms with Gasteiger partial charge in [-0.05, 0) is 11.0 Å². The zero-order chi connectivity index (χ0) is 11.2. The monoisotopic (exact) mass is 245 g/mol. The largest absolute Gasteiger partial charge is 0.505 e. The molecule has 3 unspecified atom stereocenters. The molecule has 0 fully saturated rings. The maximum atomic E-state index is 11.2. The highest BCUT2D eigenvalue weighted by molar-refractivity contribution is 7.52. The number of aliphatic hydroxyl groups excluding tert-OH is 1. The van der Waals surface area contributed by atoms with Crippen molar-refractivity contribution < 1.29 is 28.5 Å². The molecule has 0 aliphatic carbocycles. The van der Waals surface area contributed by atoms with Crippen LogP contribution in [0.2, 0.25) is 0 Å². The van der Waals surface area contributed by atoms with Crippen LogP contribution in [-0.4, -0.2) is 33.5 Å². The van der Waals surface area contributed by atoms with Gasteiger partial charge in [0.05, 0.1) is 6.16 Å². The van der Waals surface area contributed by atoms with E-state index in [1.165, 1.54) is 0 Å². The van der Waals surface area contributed by atoms with Crippen LogP contribution < -0.4 is 0 Å². The summed E-state index contributed by atoms with van der Waals surface area (Å²) >= 11 is 0. The van der Waals surface area contributed by atoms with Gasteiger partial charge in [0.15, 0.2) is 12.5 Å². The van der Waals surface area contributed by atoms with Crippen LogP contribution in [0.1, 0.15) is 19.8 Å². The van der Waals surface area contributed by atoms with Gasteiger partial charge in [0, 0.05) is 6.42 Å². The highest BCUT2D eigenvalue weighted by Gasteiger charge is 2.24. The van der Waals surface area contributed by atoms with E-state index in [2.05, 4.69) is 4.52 Å². The summed E-state index contributed by atoms with van der Waals surface area (Å²) in [7, 11) is -6.09. The van der Waals surface area contributed by atoms with Gasteiger partial charge in [0.25, 0.3) is 0 Å². The zero-order valence-electron chi connectivity index (χ0n) is 7.87. The molecule has 0 spiro atoms. The minimum atomic E-state index is -3.81. The first-order chi connectivity index (χ1) is 6.37. The van der Waals surface area contributed by atoms with Gasteiger partial charge in [-0.3, -0.25) is 9.09 Å². The van der Waals surface area contributed by atoms with Crippen LogP contribution in [0.25, 0.3) is 0 Å². The van der Waals surface area contributed by atoms with Crippen LogP contribution in [0.4, 0.5) is 0 Å². The van der Waals surface area contributed by atoms with Crippen LogP contribution in [0.15, 0.2) is 0 Å². The van der Waals surface area contributed by atoms with Crippen LogP contribution in [0.3, 0.4) is 0 Å². The number of aliphatic hydroxyl groups is 1. The molecule has 0 aliphatic rings. The molecule has 8 heteroatoms. The van der Waals surface area contributed by atoms with Gasteiger partial charge in [-0.25, -0.2) is 0 Å². The Labute approximate surface area is 83.3 Å². The third-order valence-electron chi connectivity index (χ3n) is 1.43. The Hall–Kier alpha value is 0.170. The fourth-order valence-electron chi connectivity index (χ4n) is 0.723. The third kappa shape index (κ3) is 7.56. The fourth-order valence-corrected chi connectivity index (χ4v) is 2.59. The Morgan fingerprint density at radius 2 is 2.14 bits per heavy atom. The van der Waals surface area contributed by atoms with Crippen molar-refractivity contribution >= 4 is 15.6 Å². The topological polar surface area (TPSA) is 104 Å². The van der Waals surface area contributed by atoms with Crippen LogP contribution in [-0.2, 0) is 13.7 Å². The van der Waals surface area contributed by atoms with Crippen molar-refractivity contribution in [3.8, 4) is 0 Å². The van der Waals surface area contributed by atoms with Crippen molar-refractivity contribution in [1.82, 2.24) is 0 Å². The molecule has 84 valence electrons. The van der Waals surface area contributed by atoms with E-state index < -0.39 is 21.9 Å². The third-order valence-corrected chi connectivity index (χ3v) is 3.58. The predicted molar refractivity (Wildman–Crippen MR) is 51.4 cm³/mol. The van der Waals surface area contributed by atoms with Crippen LogP contribution in [0.5, 0.6) is 0 Å². The Kier molecular flexibility index (Phi) is 6.70. The first kappa shape index (κ1) is 14.2. The molecule has 0 aromatic rings. The number of rotatable bonds is 7. The number of hydrogen-bond acceptors (Lipinski definition) is 4. The van der Waals surface area contributed by atoms with E-state index in [-0.39, 0.29) is 25.2 Å². The molecule has 0 heterocycles. The minimum Gasteiger partial charge on any atom is -0.368 e. The van der Waals surface area contributed by atoms with Crippen molar-refractivity contribution in [3.63, 3.8) is 0 Å². The lowest BCUT2D eigenvalue weighted by atomic mass is 10.5. The molecule has 0 saturated carbocycles. The molecule has 3 atom stereocenters. The van der Waals surface area contributed by atoms with E-state index in [0.29, 0.717) is 0 Å². The molecule has 6 nitrogen and oxygen atoms in total. The Balaban J connectivity index is 3.83. The van der Waals surface area contributed by atoms with Gasteiger partial charge in [0.1, 0.15) is 0 Å². The van der Waals surface area contributed by atoms with E-state index in [9.17, 15) is 9.13 Å². The smallest absolute Gasteiger partial charge is 0.368 e. The summed E-state index contributed by atoms with van der Waals surface area (Å²) in [4.78, 5) is 17.6. The second kappa shape index (κ2) is 6.62. The van der Waals surface area contributed by atoms with E-state index >= 15 is 0 Å². The zero-order valence-corrected chi connectivity index (χ0v) is 9.66. The first-order valence-electron chi connectivity index (χ1n) is 4.19. The lowest BCUT2D eigenvalue weighted by Gasteiger charge is -2.14. The summed E-state index contributed by atoms with van der Waals surface area (Å²) in [5.41, 5.74) is 0. The van der Waals surface area contributed by atoms with Crippen molar-refractivity contribution in [1.29, 1.82) is 0 Å². The molecule has 14 heavy (non-hydrogen) atoms. The molecule has 3 N–H and O–H groups in total. The predicted octanol–water partition coefficient (Wildman–Crippen LogP) is 1.04. The summed E-state index contributed by atoms with van der Waals surface area (Å²) in [6.45, 7) is 1.61. The molecule has 0 saturated heterocycles. The lowest BCUT2D eigenvalue weighted by molar-refractivity contribution is -0.0258. The summed E-state index contributed by atoms with van der Waals surface area (Å²) in [5.74, 6) is 0. The standard InChI is InChI=1S/C6H14O6P2/c1-2-6(7)12-14(10,11)5-3-4-13(8)9/h6-7H,2-5H2,1H3,(H-,8,9,10,11)/p+1. The van der Waals surface area contributed by atoms with Crippen molar-refractivity contribution in [2.24, 2.45) is 0 Å². The average molecular weight is 245 g/mol. The molecule has 0 rings (SSSR count). The second-order valence-electron chi connectivity index (χ2n) is 2.76. The van der Waals surface area contributed by atoms with Gasteiger partial charge in [-0.15, -0.1) is 0 Å². The van der Waals surface area contributed by atoms with Gasteiger partial charge in [-0.2, -0.15) is 4.89 Å². The Bertz CT molecular complexity index is 230. The van der Waals surface area contributed by atoms with Crippen molar-refractivity contribution in [2.75, 3.05) is 12.3 Å². The SMILES string of the molecule is CCC(O)OP(=O)(O)CCC[P+](=O)O. The fraction of sp³-hybridized carbons (Fsp3) is 1.00. The molecular weight excluding hydrogens is 230 g/mol. The van der Waals surface area contributed by atoms with Gasteiger partial charge >= 0.3 is 15.6 Å². The summed E-state index contributed by atoms with van der Waals surface area (Å²) in [5, 5.41) is 8.94.